The fourth-order valence-electron chi connectivity index (χ4n) is 1.71. The Morgan fingerprint density at radius 1 is 1.31 bits per heavy atom. The van der Waals surface area contributed by atoms with Crippen molar-refractivity contribution >= 4 is 15.9 Å². The van der Waals surface area contributed by atoms with E-state index in [1.165, 1.54) is 12.0 Å². The zero-order valence-electron chi connectivity index (χ0n) is 10.3. The lowest BCUT2D eigenvalue weighted by Gasteiger charge is -2.20. The predicted molar refractivity (Wildman–Crippen MR) is 71.9 cm³/mol. The summed E-state index contributed by atoms with van der Waals surface area (Å²) in [7, 11) is 1.71. The molecule has 1 aromatic rings. The molecule has 1 aromatic carbocycles. The summed E-state index contributed by atoms with van der Waals surface area (Å²) < 4.78 is 6.40. The van der Waals surface area contributed by atoms with Crippen LogP contribution in [0.25, 0.3) is 0 Å². The Kier molecular flexibility index (Phi) is 5.85. The summed E-state index contributed by atoms with van der Waals surface area (Å²) in [5, 5.41) is 0. The van der Waals surface area contributed by atoms with Gasteiger partial charge >= 0.3 is 0 Å². The van der Waals surface area contributed by atoms with Gasteiger partial charge < -0.3 is 4.74 Å². The van der Waals surface area contributed by atoms with Gasteiger partial charge in [0.25, 0.3) is 0 Å². The molecule has 0 aliphatic rings. The van der Waals surface area contributed by atoms with E-state index in [9.17, 15) is 0 Å². The van der Waals surface area contributed by atoms with Crippen LogP contribution in [-0.2, 0) is 6.54 Å². The molecule has 0 aromatic heterocycles. The quantitative estimate of drug-likeness (QED) is 0.790. The highest BCUT2D eigenvalue weighted by atomic mass is 79.9. The Morgan fingerprint density at radius 3 is 2.62 bits per heavy atom. The zero-order valence-corrected chi connectivity index (χ0v) is 11.9. The Bertz CT molecular complexity index is 328. The molecular formula is C13H20BrNO. The van der Waals surface area contributed by atoms with Crippen molar-refractivity contribution in [1.82, 2.24) is 4.90 Å². The summed E-state index contributed by atoms with van der Waals surface area (Å²) in [6.45, 7) is 7.60. The second kappa shape index (κ2) is 6.92. The first-order valence-corrected chi connectivity index (χ1v) is 6.55. The van der Waals surface area contributed by atoms with Crippen LogP contribution in [0, 0.1) is 0 Å². The van der Waals surface area contributed by atoms with E-state index in [2.05, 4.69) is 40.7 Å². The Labute approximate surface area is 107 Å². The van der Waals surface area contributed by atoms with Crippen LogP contribution in [0.15, 0.2) is 22.7 Å². The molecule has 16 heavy (non-hydrogen) atoms. The zero-order chi connectivity index (χ0) is 12.0. The standard InChI is InChI=1S/C13H20BrNO/c1-4-8-15(5-2)10-11-9-12(16-3)6-7-13(11)14/h6-7,9H,4-5,8,10H2,1-3H3. The number of halogens is 1. The van der Waals surface area contributed by atoms with Crippen LogP contribution in [0.4, 0.5) is 0 Å². The summed E-state index contributed by atoms with van der Waals surface area (Å²) in [6, 6.07) is 6.13. The third kappa shape index (κ3) is 3.80. The van der Waals surface area contributed by atoms with Crippen molar-refractivity contribution in [3.05, 3.63) is 28.2 Å². The number of hydrogen-bond acceptors (Lipinski definition) is 2. The molecule has 0 aliphatic heterocycles. The molecule has 0 spiro atoms. The van der Waals surface area contributed by atoms with Gasteiger partial charge in [0.15, 0.2) is 0 Å². The van der Waals surface area contributed by atoms with Gasteiger partial charge in [-0.25, -0.2) is 0 Å². The van der Waals surface area contributed by atoms with Crippen LogP contribution < -0.4 is 4.74 Å². The van der Waals surface area contributed by atoms with Crippen LogP contribution in [0.1, 0.15) is 25.8 Å². The van der Waals surface area contributed by atoms with Crippen molar-refractivity contribution in [3.63, 3.8) is 0 Å². The molecule has 3 heteroatoms. The largest absolute Gasteiger partial charge is 0.497 e. The summed E-state index contributed by atoms with van der Waals surface area (Å²) in [5.41, 5.74) is 1.29. The maximum atomic E-state index is 5.25. The van der Waals surface area contributed by atoms with E-state index in [1.807, 2.05) is 12.1 Å². The molecule has 0 amide bonds. The van der Waals surface area contributed by atoms with Crippen LogP contribution in [0.5, 0.6) is 5.75 Å². The monoisotopic (exact) mass is 285 g/mol. The van der Waals surface area contributed by atoms with Crippen LogP contribution in [-0.4, -0.2) is 25.1 Å². The molecule has 0 atom stereocenters. The molecule has 0 bridgehead atoms. The maximum Gasteiger partial charge on any atom is 0.119 e. The highest BCUT2D eigenvalue weighted by molar-refractivity contribution is 9.10. The van der Waals surface area contributed by atoms with Gasteiger partial charge in [-0.3, -0.25) is 4.90 Å². The van der Waals surface area contributed by atoms with E-state index in [-0.39, 0.29) is 0 Å². The summed E-state index contributed by atoms with van der Waals surface area (Å²) >= 11 is 3.59. The average molecular weight is 286 g/mol. The Balaban J connectivity index is 2.77. The molecule has 1 rings (SSSR count). The number of nitrogens with zero attached hydrogens (tertiary/aromatic N) is 1. The topological polar surface area (TPSA) is 12.5 Å². The van der Waals surface area contributed by atoms with Crippen LogP contribution in [0.2, 0.25) is 0 Å². The summed E-state index contributed by atoms with van der Waals surface area (Å²) in [6.07, 6.45) is 1.19. The second-order valence-corrected chi connectivity index (χ2v) is 4.68. The highest BCUT2D eigenvalue weighted by Crippen LogP contribution is 2.23. The number of methoxy groups -OCH3 is 1. The average Bonchev–Trinajstić information content (AvgIpc) is 2.31. The Hall–Kier alpha value is -0.540. The molecule has 0 N–H and O–H groups in total. The van der Waals surface area contributed by atoms with Crippen molar-refractivity contribution in [2.75, 3.05) is 20.2 Å². The van der Waals surface area contributed by atoms with E-state index in [4.69, 9.17) is 4.74 Å². The molecule has 0 unspecified atom stereocenters. The molecule has 2 nitrogen and oxygen atoms in total. The first-order chi connectivity index (χ1) is 7.71. The lowest BCUT2D eigenvalue weighted by Crippen LogP contribution is -2.23. The normalized spacial score (nSPS) is 10.8. The van der Waals surface area contributed by atoms with Gasteiger partial charge in [-0.15, -0.1) is 0 Å². The van der Waals surface area contributed by atoms with Gasteiger partial charge in [0, 0.05) is 11.0 Å². The van der Waals surface area contributed by atoms with E-state index in [0.29, 0.717) is 0 Å². The smallest absolute Gasteiger partial charge is 0.119 e. The molecular weight excluding hydrogens is 266 g/mol. The first kappa shape index (κ1) is 13.5. The van der Waals surface area contributed by atoms with Gasteiger partial charge in [-0.05, 0) is 43.3 Å². The molecule has 0 aliphatic carbocycles. The van der Waals surface area contributed by atoms with Crippen molar-refractivity contribution in [2.24, 2.45) is 0 Å². The first-order valence-electron chi connectivity index (χ1n) is 5.76. The number of rotatable bonds is 6. The van der Waals surface area contributed by atoms with Crippen molar-refractivity contribution in [1.29, 1.82) is 0 Å². The fraction of sp³-hybridized carbons (Fsp3) is 0.538. The molecule has 0 radical (unpaired) electrons. The highest BCUT2D eigenvalue weighted by Gasteiger charge is 2.07. The van der Waals surface area contributed by atoms with Gasteiger partial charge in [-0.1, -0.05) is 29.8 Å². The molecule has 0 fully saturated rings. The lowest BCUT2D eigenvalue weighted by atomic mass is 10.2. The van der Waals surface area contributed by atoms with Crippen molar-refractivity contribution in [2.45, 2.75) is 26.8 Å². The Morgan fingerprint density at radius 2 is 2.06 bits per heavy atom. The SMILES string of the molecule is CCCN(CC)Cc1cc(OC)ccc1Br. The molecule has 0 saturated heterocycles. The summed E-state index contributed by atoms with van der Waals surface area (Å²) in [5.74, 6) is 0.922. The minimum Gasteiger partial charge on any atom is -0.497 e. The third-order valence-corrected chi connectivity index (χ3v) is 3.41. The van der Waals surface area contributed by atoms with Crippen molar-refractivity contribution < 1.29 is 4.74 Å². The van der Waals surface area contributed by atoms with Crippen LogP contribution in [0.3, 0.4) is 0 Å². The number of ether oxygens (including phenoxy) is 1. The van der Waals surface area contributed by atoms with Gasteiger partial charge in [0.1, 0.15) is 5.75 Å². The third-order valence-electron chi connectivity index (χ3n) is 2.63. The molecule has 0 saturated carbocycles. The van der Waals surface area contributed by atoms with Gasteiger partial charge in [0.05, 0.1) is 7.11 Å². The fourth-order valence-corrected chi connectivity index (χ4v) is 2.08. The summed E-state index contributed by atoms with van der Waals surface area (Å²) in [4.78, 5) is 2.43. The predicted octanol–water partition coefficient (Wildman–Crippen LogP) is 3.69. The molecule has 90 valence electrons. The van der Waals surface area contributed by atoms with Gasteiger partial charge in [-0.2, -0.15) is 0 Å². The minimum atomic E-state index is 0.922. The van der Waals surface area contributed by atoms with Gasteiger partial charge in [0.2, 0.25) is 0 Å². The van der Waals surface area contributed by atoms with E-state index >= 15 is 0 Å². The second-order valence-electron chi connectivity index (χ2n) is 3.83. The maximum absolute atomic E-state index is 5.25. The number of hydrogen-bond donors (Lipinski definition) is 0. The van der Waals surface area contributed by atoms with E-state index in [0.717, 1.165) is 29.9 Å². The number of benzene rings is 1. The van der Waals surface area contributed by atoms with E-state index < -0.39 is 0 Å². The lowest BCUT2D eigenvalue weighted by molar-refractivity contribution is 0.279. The minimum absolute atomic E-state index is 0.922. The van der Waals surface area contributed by atoms with Crippen LogP contribution >= 0.6 is 15.9 Å². The van der Waals surface area contributed by atoms with E-state index in [1.54, 1.807) is 7.11 Å². The molecule has 0 heterocycles. The van der Waals surface area contributed by atoms with Crippen molar-refractivity contribution in [3.8, 4) is 5.75 Å².